The van der Waals surface area contributed by atoms with E-state index in [0.717, 1.165) is 0 Å². The van der Waals surface area contributed by atoms with Gasteiger partial charge in [-0.2, -0.15) is 0 Å². The molecule has 2 aromatic rings. The van der Waals surface area contributed by atoms with Crippen molar-refractivity contribution in [1.29, 1.82) is 0 Å². The predicted octanol–water partition coefficient (Wildman–Crippen LogP) is 2.51. The zero-order valence-corrected chi connectivity index (χ0v) is 10.4. The Balaban J connectivity index is 2.94. The van der Waals surface area contributed by atoms with Crippen molar-refractivity contribution in [1.82, 2.24) is 4.98 Å². The number of carbonyl (C=O) groups is 1. The summed E-state index contributed by atoms with van der Waals surface area (Å²) in [6, 6.07) is 2.63. The van der Waals surface area contributed by atoms with Crippen LogP contribution in [-0.2, 0) is 4.74 Å². The van der Waals surface area contributed by atoms with Crippen molar-refractivity contribution in [3.05, 3.63) is 34.3 Å². The molecule has 0 aliphatic rings. The summed E-state index contributed by atoms with van der Waals surface area (Å²) >= 11 is 3.18. The molecule has 1 heterocycles. The largest absolute Gasteiger partial charge is 0.464 e. The summed E-state index contributed by atoms with van der Waals surface area (Å²) in [4.78, 5) is 15.4. The third-order valence-electron chi connectivity index (χ3n) is 2.35. The second-order valence-electron chi connectivity index (χ2n) is 3.33. The average Bonchev–Trinajstić information content (AvgIpc) is 2.33. The van der Waals surface area contributed by atoms with Crippen molar-refractivity contribution < 1.29 is 13.9 Å². The van der Waals surface area contributed by atoms with Crippen LogP contribution in [0.5, 0.6) is 0 Å². The van der Waals surface area contributed by atoms with Gasteiger partial charge < -0.3 is 10.5 Å². The topological polar surface area (TPSA) is 65.2 Å². The molecule has 4 nitrogen and oxygen atoms in total. The number of nitrogen functional groups attached to an aromatic ring is 1. The normalized spacial score (nSPS) is 10.5. The molecule has 0 fully saturated rings. The zero-order valence-electron chi connectivity index (χ0n) is 8.83. The molecule has 0 aliphatic heterocycles. The number of ether oxygens (including phenoxy) is 1. The standard InChI is InChI=1S/C11H8BrFN2O2/c1-17-11(16)10-9-7(14)3-2-6(13)8(9)5(12)4-15-10/h2-4H,14H2,1H3. The summed E-state index contributed by atoms with van der Waals surface area (Å²) in [6.45, 7) is 0. The third-order valence-corrected chi connectivity index (χ3v) is 2.95. The van der Waals surface area contributed by atoms with E-state index in [2.05, 4.69) is 25.7 Å². The number of esters is 1. The number of nitrogens with two attached hydrogens (primary N) is 1. The van der Waals surface area contributed by atoms with Gasteiger partial charge in [0.1, 0.15) is 5.82 Å². The second kappa shape index (κ2) is 4.29. The monoisotopic (exact) mass is 298 g/mol. The smallest absolute Gasteiger partial charge is 0.357 e. The van der Waals surface area contributed by atoms with Gasteiger partial charge in [-0.05, 0) is 28.1 Å². The van der Waals surface area contributed by atoms with E-state index in [9.17, 15) is 9.18 Å². The summed E-state index contributed by atoms with van der Waals surface area (Å²) in [6.07, 6.45) is 1.34. The Morgan fingerprint density at radius 1 is 1.47 bits per heavy atom. The highest BCUT2D eigenvalue weighted by molar-refractivity contribution is 9.10. The summed E-state index contributed by atoms with van der Waals surface area (Å²) < 4.78 is 18.7. The Hall–Kier alpha value is -1.69. The Labute approximate surface area is 105 Å². The molecule has 0 amide bonds. The second-order valence-corrected chi connectivity index (χ2v) is 4.19. The van der Waals surface area contributed by atoms with Crippen molar-refractivity contribution in [2.24, 2.45) is 0 Å². The van der Waals surface area contributed by atoms with E-state index in [0.29, 0.717) is 4.47 Å². The molecule has 0 unspecified atom stereocenters. The molecular formula is C11H8BrFN2O2. The highest BCUT2D eigenvalue weighted by Crippen LogP contribution is 2.32. The fourth-order valence-electron chi connectivity index (χ4n) is 1.58. The maximum absolute atomic E-state index is 13.7. The average molecular weight is 299 g/mol. The van der Waals surface area contributed by atoms with Gasteiger partial charge in [-0.15, -0.1) is 0 Å². The molecule has 0 saturated carbocycles. The van der Waals surface area contributed by atoms with Crippen molar-refractivity contribution in [3.8, 4) is 0 Å². The van der Waals surface area contributed by atoms with E-state index in [1.165, 1.54) is 25.4 Å². The van der Waals surface area contributed by atoms with Crippen LogP contribution in [0.3, 0.4) is 0 Å². The van der Waals surface area contributed by atoms with Gasteiger partial charge in [0, 0.05) is 27.1 Å². The van der Waals surface area contributed by atoms with Crippen LogP contribution < -0.4 is 5.73 Å². The van der Waals surface area contributed by atoms with Crippen LogP contribution in [-0.4, -0.2) is 18.1 Å². The first-order valence-corrected chi connectivity index (χ1v) is 5.46. The summed E-state index contributed by atoms with van der Waals surface area (Å²) in [7, 11) is 1.23. The molecule has 88 valence electrons. The quantitative estimate of drug-likeness (QED) is 0.649. The molecular weight excluding hydrogens is 291 g/mol. The summed E-state index contributed by atoms with van der Waals surface area (Å²) in [5.74, 6) is -1.13. The van der Waals surface area contributed by atoms with Crippen molar-refractivity contribution in [2.45, 2.75) is 0 Å². The van der Waals surface area contributed by atoms with Gasteiger partial charge in [-0.25, -0.2) is 14.2 Å². The molecule has 17 heavy (non-hydrogen) atoms. The molecule has 0 saturated heterocycles. The fourth-order valence-corrected chi connectivity index (χ4v) is 2.07. The minimum atomic E-state index is -0.653. The van der Waals surface area contributed by atoms with E-state index >= 15 is 0 Å². The summed E-state index contributed by atoms with van der Waals surface area (Å²) in [5, 5.41) is 0.478. The molecule has 1 aromatic carbocycles. The number of halogens is 2. The first-order chi connectivity index (χ1) is 8.06. The van der Waals surface area contributed by atoms with Gasteiger partial charge in [-0.1, -0.05) is 0 Å². The van der Waals surface area contributed by atoms with E-state index in [1.54, 1.807) is 0 Å². The number of methoxy groups -OCH3 is 1. The number of benzene rings is 1. The Kier molecular flexibility index (Phi) is 2.97. The van der Waals surface area contributed by atoms with Crippen molar-refractivity contribution in [2.75, 3.05) is 12.8 Å². The van der Waals surface area contributed by atoms with E-state index in [-0.39, 0.29) is 22.2 Å². The molecule has 0 aliphatic carbocycles. The fraction of sp³-hybridized carbons (Fsp3) is 0.0909. The number of hydrogen-bond acceptors (Lipinski definition) is 4. The highest BCUT2D eigenvalue weighted by Gasteiger charge is 2.18. The lowest BCUT2D eigenvalue weighted by Gasteiger charge is -2.08. The third kappa shape index (κ3) is 1.84. The lowest BCUT2D eigenvalue weighted by Crippen LogP contribution is -2.07. The van der Waals surface area contributed by atoms with Gasteiger partial charge in [0.15, 0.2) is 5.69 Å². The van der Waals surface area contributed by atoms with Gasteiger partial charge in [-0.3, -0.25) is 0 Å². The minimum absolute atomic E-state index is 0.00250. The van der Waals surface area contributed by atoms with Crippen molar-refractivity contribution >= 4 is 38.4 Å². The molecule has 0 atom stereocenters. The Morgan fingerprint density at radius 3 is 2.82 bits per heavy atom. The lowest BCUT2D eigenvalue weighted by atomic mass is 10.1. The number of rotatable bonds is 1. The lowest BCUT2D eigenvalue weighted by molar-refractivity contribution is 0.0596. The predicted molar refractivity (Wildman–Crippen MR) is 65.2 cm³/mol. The van der Waals surface area contributed by atoms with Gasteiger partial charge >= 0.3 is 5.97 Å². The first kappa shape index (κ1) is 11.8. The Morgan fingerprint density at radius 2 is 2.18 bits per heavy atom. The molecule has 0 spiro atoms. The van der Waals surface area contributed by atoms with Crippen LogP contribution in [0.25, 0.3) is 10.8 Å². The van der Waals surface area contributed by atoms with Crippen LogP contribution in [0.15, 0.2) is 22.8 Å². The zero-order chi connectivity index (χ0) is 12.6. The first-order valence-electron chi connectivity index (χ1n) is 4.66. The SMILES string of the molecule is COC(=O)c1ncc(Br)c2c(F)ccc(N)c12. The number of pyridine rings is 1. The molecule has 1 aromatic heterocycles. The molecule has 6 heteroatoms. The summed E-state index contributed by atoms with van der Waals surface area (Å²) in [5.41, 5.74) is 6.03. The van der Waals surface area contributed by atoms with E-state index in [1.807, 2.05) is 0 Å². The van der Waals surface area contributed by atoms with Gasteiger partial charge in [0.2, 0.25) is 0 Å². The highest BCUT2D eigenvalue weighted by atomic mass is 79.9. The maximum atomic E-state index is 13.7. The molecule has 2 rings (SSSR count). The molecule has 0 radical (unpaired) electrons. The van der Waals surface area contributed by atoms with Crippen LogP contribution in [0.2, 0.25) is 0 Å². The number of carbonyl (C=O) groups excluding carboxylic acids is 1. The minimum Gasteiger partial charge on any atom is -0.464 e. The number of anilines is 1. The molecule has 2 N–H and O–H groups in total. The number of aromatic nitrogens is 1. The van der Waals surface area contributed by atoms with Crippen molar-refractivity contribution in [3.63, 3.8) is 0 Å². The van der Waals surface area contributed by atoms with Crippen LogP contribution in [0.1, 0.15) is 10.5 Å². The number of fused-ring (bicyclic) bond motifs is 1. The maximum Gasteiger partial charge on any atom is 0.357 e. The van der Waals surface area contributed by atoms with Crippen LogP contribution in [0.4, 0.5) is 10.1 Å². The van der Waals surface area contributed by atoms with E-state index < -0.39 is 11.8 Å². The van der Waals surface area contributed by atoms with Gasteiger partial charge in [0.25, 0.3) is 0 Å². The van der Waals surface area contributed by atoms with Gasteiger partial charge in [0.05, 0.1) is 7.11 Å². The Bertz CT molecular complexity index is 608. The number of nitrogens with zero attached hydrogens (tertiary/aromatic N) is 1. The van der Waals surface area contributed by atoms with Crippen LogP contribution >= 0.6 is 15.9 Å². The van der Waals surface area contributed by atoms with Crippen LogP contribution in [0, 0.1) is 5.82 Å². The number of hydrogen-bond donors (Lipinski definition) is 1. The molecule has 0 bridgehead atoms. The van der Waals surface area contributed by atoms with E-state index in [4.69, 9.17) is 5.73 Å².